The first-order chi connectivity index (χ1) is 11.6. The Hall–Kier alpha value is -1.29. The molecule has 4 nitrogen and oxygen atoms in total. The second-order valence-electron chi connectivity index (χ2n) is 9.06. The summed E-state index contributed by atoms with van der Waals surface area (Å²) in [5, 5.41) is 14.3. The molecule has 0 saturated heterocycles. The first-order valence-electron chi connectivity index (χ1n) is 9.62. The Morgan fingerprint density at radius 1 is 1.21 bits per heavy atom. The van der Waals surface area contributed by atoms with Crippen molar-refractivity contribution in [2.45, 2.75) is 57.0 Å². The van der Waals surface area contributed by atoms with Gasteiger partial charge in [0.2, 0.25) is 5.91 Å². The van der Waals surface area contributed by atoms with Crippen LogP contribution >= 0.6 is 0 Å². The number of hydrogen-bond donors (Lipinski definition) is 2. The fraction of sp³-hybridized carbons (Fsp3) is 0.750. The van der Waals surface area contributed by atoms with Crippen molar-refractivity contribution in [1.82, 2.24) is 5.32 Å². The van der Waals surface area contributed by atoms with E-state index in [4.69, 9.17) is 4.42 Å². The Labute approximate surface area is 143 Å². The zero-order valence-electron chi connectivity index (χ0n) is 14.2. The van der Waals surface area contributed by atoms with Gasteiger partial charge in [0.25, 0.3) is 0 Å². The van der Waals surface area contributed by atoms with Gasteiger partial charge < -0.3 is 14.8 Å². The first kappa shape index (κ1) is 15.0. The maximum atomic E-state index is 13.1. The van der Waals surface area contributed by atoms with Gasteiger partial charge in [0, 0.05) is 5.41 Å². The summed E-state index contributed by atoms with van der Waals surface area (Å²) in [6.07, 6.45) is 10.8. The lowest BCUT2D eigenvalue weighted by Crippen LogP contribution is -2.55. The van der Waals surface area contributed by atoms with Gasteiger partial charge in [-0.25, -0.2) is 0 Å². The van der Waals surface area contributed by atoms with Crippen molar-refractivity contribution in [3.63, 3.8) is 0 Å². The molecule has 1 heterocycles. The van der Waals surface area contributed by atoms with Gasteiger partial charge in [0.1, 0.15) is 11.4 Å². The second-order valence-corrected chi connectivity index (χ2v) is 9.06. The summed E-state index contributed by atoms with van der Waals surface area (Å²) in [5.41, 5.74) is -1.19. The average molecular weight is 329 g/mol. The molecule has 4 bridgehead atoms. The van der Waals surface area contributed by atoms with Crippen LogP contribution in [0.5, 0.6) is 0 Å². The molecule has 0 aromatic carbocycles. The maximum absolute atomic E-state index is 13.1. The third kappa shape index (κ3) is 2.26. The third-order valence-electron chi connectivity index (χ3n) is 7.24. The molecule has 2 N–H and O–H groups in total. The van der Waals surface area contributed by atoms with Gasteiger partial charge in [0.05, 0.1) is 12.8 Å². The quantitative estimate of drug-likeness (QED) is 0.872. The molecule has 4 heteroatoms. The summed E-state index contributed by atoms with van der Waals surface area (Å²) in [5.74, 6) is 3.27. The van der Waals surface area contributed by atoms with Crippen molar-refractivity contribution in [3.8, 4) is 0 Å². The van der Waals surface area contributed by atoms with Crippen molar-refractivity contribution in [2.24, 2.45) is 29.1 Å². The lowest BCUT2D eigenvalue weighted by molar-refractivity contribution is -0.148. The van der Waals surface area contributed by atoms with Crippen LogP contribution in [0.1, 0.15) is 57.1 Å². The van der Waals surface area contributed by atoms with E-state index < -0.39 is 5.60 Å². The third-order valence-corrected chi connectivity index (χ3v) is 7.24. The van der Waals surface area contributed by atoms with Crippen LogP contribution in [0.4, 0.5) is 0 Å². The average Bonchev–Trinajstić information content (AvgIpc) is 3.26. The molecule has 1 aromatic rings. The minimum absolute atomic E-state index is 0.150. The number of rotatable bonds is 5. The van der Waals surface area contributed by atoms with Crippen molar-refractivity contribution in [3.05, 3.63) is 24.2 Å². The van der Waals surface area contributed by atoms with Crippen molar-refractivity contribution < 1.29 is 14.3 Å². The van der Waals surface area contributed by atoms with E-state index >= 15 is 0 Å². The predicted octanol–water partition coefficient (Wildman–Crippen LogP) is 3.21. The molecule has 1 atom stereocenters. The second kappa shape index (κ2) is 5.10. The number of amides is 1. The molecule has 130 valence electrons. The smallest absolute Gasteiger partial charge is 0.226 e. The summed E-state index contributed by atoms with van der Waals surface area (Å²) >= 11 is 0. The summed E-state index contributed by atoms with van der Waals surface area (Å²) in [7, 11) is 0. The van der Waals surface area contributed by atoms with Gasteiger partial charge >= 0.3 is 0 Å². The van der Waals surface area contributed by atoms with Crippen LogP contribution in [0.25, 0.3) is 0 Å². The molecule has 1 unspecified atom stereocenters. The Balaban J connectivity index is 1.32. The van der Waals surface area contributed by atoms with Crippen LogP contribution in [-0.4, -0.2) is 17.6 Å². The van der Waals surface area contributed by atoms with Gasteiger partial charge in [-0.15, -0.1) is 0 Å². The molecular weight excluding hydrogens is 302 g/mol. The molecule has 5 fully saturated rings. The predicted molar refractivity (Wildman–Crippen MR) is 88.9 cm³/mol. The van der Waals surface area contributed by atoms with Gasteiger partial charge in [-0.1, -0.05) is 0 Å². The molecule has 0 radical (unpaired) electrons. The molecule has 5 aliphatic carbocycles. The fourth-order valence-electron chi connectivity index (χ4n) is 6.31. The van der Waals surface area contributed by atoms with Crippen LogP contribution in [0.2, 0.25) is 0 Å². The summed E-state index contributed by atoms with van der Waals surface area (Å²) in [6.45, 7) is 0.283. The molecule has 6 rings (SSSR count). The van der Waals surface area contributed by atoms with E-state index in [-0.39, 0.29) is 23.8 Å². The van der Waals surface area contributed by atoms with Gasteiger partial charge in [-0.2, -0.15) is 0 Å². The molecule has 5 saturated carbocycles. The zero-order chi connectivity index (χ0) is 16.4. The SMILES string of the molecule is O=C(NCC(O)(c1ccco1)C1CC1)C12CC3CC(CC(C3)C1)C2. The highest BCUT2D eigenvalue weighted by Crippen LogP contribution is 2.60. The molecule has 0 aliphatic heterocycles. The van der Waals surface area contributed by atoms with E-state index in [0.717, 1.165) is 49.9 Å². The molecular formula is C20H27NO3. The molecule has 1 aromatic heterocycles. The maximum Gasteiger partial charge on any atom is 0.226 e. The van der Waals surface area contributed by atoms with Gasteiger partial charge in [-0.3, -0.25) is 4.79 Å². The summed E-state index contributed by atoms with van der Waals surface area (Å²) in [4.78, 5) is 13.1. The van der Waals surface area contributed by atoms with E-state index in [1.807, 2.05) is 12.1 Å². The number of hydrogen-bond acceptors (Lipinski definition) is 3. The van der Waals surface area contributed by atoms with Gasteiger partial charge in [0.15, 0.2) is 0 Å². The van der Waals surface area contributed by atoms with Crippen molar-refractivity contribution in [2.75, 3.05) is 6.54 Å². The summed E-state index contributed by atoms with van der Waals surface area (Å²) in [6, 6.07) is 3.64. The Bertz CT molecular complexity index is 598. The molecule has 24 heavy (non-hydrogen) atoms. The van der Waals surface area contributed by atoms with Crippen molar-refractivity contribution >= 4 is 5.91 Å². The van der Waals surface area contributed by atoms with Crippen LogP contribution in [-0.2, 0) is 10.4 Å². The number of nitrogens with one attached hydrogen (secondary N) is 1. The lowest BCUT2D eigenvalue weighted by Gasteiger charge is -2.55. The minimum atomic E-state index is -1.04. The fourth-order valence-corrected chi connectivity index (χ4v) is 6.31. The Morgan fingerprint density at radius 3 is 2.33 bits per heavy atom. The van der Waals surface area contributed by atoms with Gasteiger partial charge in [-0.05, 0) is 87.2 Å². The topological polar surface area (TPSA) is 62.5 Å². The van der Waals surface area contributed by atoms with Crippen LogP contribution < -0.4 is 5.32 Å². The van der Waals surface area contributed by atoms with Crippen LogP contribution in [0, 0.1) is 29.1 Å². The Morgan fingerprint density at radius 2 is 1.83 bits per heavy atom. The highest BCUT2D eigenvalue weighted by Gasteiger charge is 2.55. The van der Waals surface area contributed by atoms with Crippen LogP contribution in [0.3, 0.4) is 0 Å². The standard InChI is InChI=1S/C20H27NO3/c22-18(19-9-13-6-14(10-19)8-15(7-13)11-19)21-12-20(23,16-3-4-16)17-2-1-5-24-17/h1-2,5,13-16,23H,3-4,6-12H2,(H,21,22). The Kier molecular flexibility index (Phi) is 3.19. The lowest BCUT2D eigenvalue weighted by atomic mass is 9.49. The normalized spacial score (nSPS) is 39.6. The minimum Gasteiger partial charge on any atom is -0.466 e. The van der Waals surface area contributed by atoms with E-state index in [2.05, 4.69) is 5.32 Å². The number of aliphatic hydroxyl groups is 1. The molecule has 1 amide bonds. The largest absolute Gasteiger partial charge is 0.466 e. The van der Waals surface area contributed by atoms with Crippen LogP contribution in [0.15, 0.2) is 22.8 Å². The van der Waals surface area contributed by atoms with E-state index in [1.165, 1.54) is 19.3 Å². The monoisotopic (exact) mass is 329 g/mol. The van der Waals surface area contributed by atoms with Crippen molar-refractivity contribution in [1.29, 1.82) is 0 Å². The molecule has 0 spiro atoms. The van der Waals surface area contributed by atoms with E-state index in [1.54, 1.807) is 6.26 Å². The van der Waals surface area contributed by atoms with E-state index in [0.29, 0.717) is 5.76 Å². The summed E-state index contributed by atoms with van der Waals surface area (Å²) < 4.78 is 5.48. The number of carbonyl (C=O) groups is 1. The highest BCUT2D eigenvalue weighted by molar-refractivity contribution is 5.83. The first-order valence-corrected chi connectivity index (χ1v) is 9.62. The molecule has 5 aliphatic rings. The highest BCUT2D eigenvalue weighted by atomic mass is 16.4. The zero-order valence-corrected chi connectivity index (χ0v) is 14.2. The van der Waals surface area contributed by atoms with E-state index in [9.17, 15) is 9.90 Å². The number of carbonyl (C=O) groups excluding carboxylic acids is 1. The number of furan rings is 1.